The van der Waals surface area contributed by atoms with Gasteiger partial charge in [-0.2, -0.15) is 4.99 Å². The number of nitrogens with two attached hydrogens (primary N) is 1. The molecule has 0 saturated heterocycles. The van der Waals surface area contributed by atoms with Crippen molar-refractivity contribution in [2.24, 2.45) is 10.1 Å². The molecule has 2 heterocycles. The molecule has 1 amide bonds. The van der Waals surface area contributed by atoms with Gasteiger partial charge < -0.3 is 9.13 Å². The molecule has 0 bridgehead atoms. The van der Waals surface area contributed by atoms with Crippen LogP contribution in [0.5, 0.6) is 0 Å². The van der Waals surface area contributed by atoms with Crippen molar-refractivity contribution in [3.8, 4) is 0 Å². The van der Waals surface area contributed by atoms with Crippen LogP contribution in [0.25, 0.3) is 11.0 Å². The Labute approximate surface area is 198 Å². The van der Waals surface area contributed by atoms with Gasteiger partial charge in [-0.15, -0.1) is 0 Å². The minimum atomic E-state index is -3.82. The number of benzene rings is 2. The molecule has 4 aromatic rings. The Bertz CT molecular complexity index is 1490. The largest absolute Gasteiger partial charge is 0.329 e. The van der Waals surface area contributed by atoms with Gasteiger partial charge in [0.15, 0.2) is 0 Å². The highest BCUT2D eigenvalue weighted by Gasteiger charge is 2.15. The van der Waals surface area contributed by atoms with Gasteiger partial charge in [-0.25, -0.2) is 18.5 Å². The van der Waals surface area contributed by atoms with E-state index in [0.717, 1.165) is 23.3 Å². The molecule has 0 atom stereocenters. The fourth-order valence-corrected chi connectivity index (χ4v) is 4.42. The Kier molecular flexibility index (Phi) is 7.04. The first-order chi connectivity index (χ1) is 16.3. The molecule has 0 radical (unpaired) electrons. The first kappa shape index (κ1) is 23.6. The number of carbonyl (C=O) groups is 1. The van der Waals surface area contributed by atoms with Gasteiger partial charge in [0.25, 0.3) is 0 Å². The van der Waals surface area contributed by atoms with Crippen molar-refractivity contribution in [3.63, 3.8) is 0 Å². The van der Waals surface area contributed by atoms with E-state index >= 15 is 0 Å². The number of hydrogen-bond donors (Lipinski definition) is 1. The maximum atomic E-state index is 12.7. The number of amides is 1. The molecule has 2 aromatic carbocycles. The lowest BCUT2D eigenvalue weighted by Gasteiger charge is -2.08. The summed E-state index contributed by atoms with van der Waals surface area (Å²) in [4.78, 5) is 21.7. The number of pyridine rings is 1. The van der Waals surface area contributed by atoms with E-state index in [9.17, 15) is 13.2 Å². The smallest absolute Gasteiger partial charge is 0.248 e. The number of hydrogen-bond acceptors (Lipinski definition) is 4. The summed E-state index contributed by atoms with van der Waals surface area (Å²) in [6, 6.07) is 20.3. The summed E-state index contributed by atoms with van der Waals surface area (Å²) in [6.45, 7) is 3.38. The molecule has 8 nitrogen and oxygen atoms in total. The zero-order chi connectivity index (χ0) is 24.1. The highest BCUT2D eigenvalue weighted by atomic mass is 32.2. The number of imidazole rings is 1. The zero-order valence-electron chi connectivity index (χ0n) is 19.0. The predicted octanol–water partition coefficient (Wildman–Crippen LogP) is 3.00. The number of aryl methyl sites for hydroxylation is 2. The number of fused-ring (bicyclic) bond motifs is 1. The van der Waals surface area contributed by atoms with Crippen LogP contribution in [-0.4, -0.2) is 28.4 Å². The van der Waals surface area contributed by atoms with Crippen LogP contribution in [0.3, 0.4) is 0 Å². The summed E-state index contributed by atoms with van der Waals surface area (Å²) in [5, 5.41) is 5.26. The number of primary sulfonamides is 1. The van der Waals surface area contributed by atoms with E-state index < -0.39 is 10.0 Å². The molecule has 0 aliphatic rings. The lowest BCUT2D eigenvalue weighted by molar-refractivity contribution is -0.118. The monoisotopic (exact) mass is 477 g/mol. The number of nitrogens with zero attached hydrogens (tertiary/aromatic N) is 4. The Morgan fingerprint density at radius 1 is 1.06 bits per heavy atom. The zero-order valence-corrected chi connectivity index (χ0v) is 19.8. The highest BCUT2D eigenvalue weighted by Crippen LogP contribution is 2.21. The summed E-state index contributed by atoms with van der Waals surface area (Å²) in [6.07, 6.45) is 3.36. The molecule has 0 unspecified atom stereocenters. The summed E-state index contributed by atoms with van der Waals surface area (Å²) in [5.74, 6) is 0.477. The Hall–Kier alpha value is -3.56. The average Bonchev–Trinajstić information content (AvgIpc) is 3.16. The molecule has 0 spiro atoms. The molecule has 9 heteroatoms. The lowest BCUT2D eigenvalue weighted by atomic mass is 10.2. The van der Waals surface area contributed by atoms with E-state index in [1.807, 2.05) is 63.9 Å². The van der Waals surface area contributed by atoms with Crippen LogP contribution in [-0.2, 0) is 34.3 Å². The van der Waals surface area contributed by atoms with Crippen LogP contribution < -0.4 is 10.6 Å². The van der Waals surface area contributed by atoms with Crippen molar-refractivity contribution in [2.45, 2.75) is 44.2 Å². The maximum absolute atomic E-state index is 12.7. The van der Waals surface area contributed by atoms with Crippen LogP contribution in [0.4, 0.5) is 0 Å². The van der Waals surface area contributed by atoms with Crippen LogP contribution in [0.2, 0.25) is 0 Å². The van der Waals surface area contributed by atoms with Gasteiger partial charge in [0.1, 0.15) is 11.3 Å². The highest BCUT2D eigenvalue weighted by molar-refractivity contribution is 7.89. The van der Waals surface area contributed by atoms with Crippen molar-refractivity contribution in [2.75, 3.05) is 0 Å². The number of carbonyl (C=O) groups excluding carboxylic acids is 1. The molecule has 34 heavy (non-hydrogen) atoms. The fraction of sp³-hybridized carbons (Fsp3) is 0.240. The first-order valence-corrected chi connectivity index (χ1v) is 12.7. The molecule has 176 valence electrons. The summed E-state index contributed by atoms with van der Waals surface area (Å²) < 4.78 is 27.4. The van der Waals surface area contributed by atoms with Gasteiger partial charge >= 0.3 is 0 Å². The van der Waals surface area contributed by atoms with E-state index in [0.29, 0.717) is 30.5 Å². The second kappa shape index (κ2) is 10.1. The van der Waals surface area contributed by atoms with Gasteiger partial charge in [-0.3, -0.25) is 4.79 Å². The van der Waals surface area contributed by atoms with Crippen molar-refractivity contribution in [1.29, 1.82) is 0 Å². The molecule has 0 aliphatic heterocycles. The third kappa shape index (κ3) is 5.49. The minimum absolute atomic E-state index is 0.0193. The summed E-state index contributed by atoms with van der Waals surface area (Å²) in [7, 11) is -3.82. The van der Waals surface area contributed by atoms with Crippen molar-refractivity contribution in [1.82, 2.24) is 14.1 Å². The van der Waals surface area contributed by atoms with Gasteiger partial charge in [0.2, 0.25) is 15.9 Å². The Morgan fingerprint density at radius 3 is 2.56 bits per heavy atom. The fourth-order valence-electron chi connectivity index (χ4n) is 3.89. The molecule has 0 aliphatic carbocycles. The third-order valence-corrected chi connectivity index (χ3v) is 6.40. The quantitative estimate of drug-likeness (QED) is 0.420. The van der Waals surface area contributed by atoms with Crippen LogP contribution in [0, 0.1) is 0 Å². The first-order valence-electron chi connectivity index (χ1n) is 11.1. The van der Waals surface area contributed by atoms with E-state index in [2.05, 4.69) is 16.9 Å². The van der Waals surface area contributed by atoms with Crippen LogP contribution in [0.1, 0.15) is 31.2 Å². The molecule has 0 saturated carbocycles. The number of sulfonamides is 1. The van der Waals surface area contributed by atoms with Crippen LogP contribution >= 0.6 is 0 Å². The second-order valence-corrected chi connectivity index (χ2v) is 9.61. The predicted molar refractivity (Wildman–Crippen MR) is 130 cm³/mol. The van der Waals surface area contributed by atoms with Crippen molar-refractivity contribution >= 4 is 27.0 Å². The minimum Gasteiger partial charge on any atom is -0.329 e. The molecule has 2 N–H and O–H groups in total. The van der Waals surface area contributed by atoms with Gasteiger partial charge in [0, 0.05) is 32.1 Å². The van der Waals surface area contributed by atoms with Gasteiger partial charge in [-0.05, 0) is 42.3 Å². The molecule has 2 aromatic heterocycles. The standard InChI is InChI=1S/C25H27N5O3S/c1-2-15-30-22-12-11-20(34(26,32)33)17-21(22)27-24(30)13-14-25(31)28-23-10-6-7-16-29(23)18-19-8-4-3-5-9-19/h3-12,16-17H,2,13-15,18H2,1H3,(H2,26,32,33). The van der Waals surface area contributed by atoms with E-state index in [1.54, 1.807) is 6.07 Å². The summed E-state index contributed by atoms with van der Waals surface area (Å²) >= 11 is 0. The van der Waals surface area contributed by atoms with E-state index in [4.69, 9.17) is 5.14 Å². The number of aromatic nitrogens is 3. The molecular formula is C25H27N5O3S. The third-order valence-electron chi connectivity index (χ3n) is 5.49. The van der Waals surface area contributed by atoms with Crippen LogP contribution in [0.15, 0.2) is 82.8 Å². The Morgan fingerprint density at radius 2 is 1.82 bits per heavy atom. The van der Waals surface area contributed by atoms with Gasteiger partial charge in [0.05, 0.1) is 15.9 Å². The van der Waals surface area contributed by atoms with Crippen molar-refractivity contribution in [3.05, 3.63) is 89.8 Å². The van der Waals surface area contributed by atoms with E-state index in [-0.39, 0.29) is 17.2 Å². The molecule has 4 rings (SSSR count). The van der Waals surface area contributed by atoms with Crippen molar-refractivity contribution < 1.29 is 13.2 Å². The molecular weight excluding hydrogens is 450 g/mol. The summed E-state index contributed by atoms with van der Waals surface area (Å²) in [5.41, 5.74) is 3.08. The SMILES string of the molecule is CCCn1c(CCC(=O)N=c2ccccn2Cc2ccccc2)nc2cc(S(N)(=O)=O)ccc21. The molecule has 0 fully saturated rings. The van der Waals surface area contributed by atoms with E-state index in [1.165, 1.54) is 12.1 Å². The number of rotatable bonds is 8. The normalized spacial score (nSPS) is 12.4. The Balaban J connectivity index is 1.57. The lowest BCUT2D eigenvalue weighted by Crippen LogP contribution is -2.22. The topological polar surface area (TPSA) is 112 Å². The average molecular weight is 478 g/mol. The van der Waals surface area contributed by atoms with Gasteiger partial charge in [-0.1, -0.05) is 43.3 Å². The maximum Gasteiger partial charge on any atom is 0.248 e. The second-order valence-electron chi connectivity index (χ2n) is 8.05.